The fraction of sp³-hybridized carbons (Fsp3) is 0.765. The van der Waals surface area contributed by atoms with E-state index in [0.29, 0.717) is 0 Å². The predicted octanol–water partition coefficient (Wildman–Crippen LogP) is 2.60. The first-order valence-corrected chi connectivity index (χ1v) is 7.70. The van der Waals surface area contributed by atoms with E-state index in [2.05, 4.69) is 0 Å². The highest BCUT2D eigenvalue weighted by atomic mass is 16.5. The molecule has 0 heterocycles. The van der Waals surface area contributed by atoms with E-state index in [4.69, 9.17) is 4.74 Å². The quantitative estimate of drug-likeness (QED) is 0.508. The predicted molar refractivity (Wildman–Crippen MR) is 83.2 cm³/mol. The molecule has 2 unspecified atom stereocenters. The minimum absolute atomic E-state index is 0.0529. The lowest BCUT2D eigenvalue weighted by molar-refractivity contribution is -0.155. The van der Waals surface area contributed by atoms with Crippen LogP contribution in [0.4, 0.5) is 0 Å². The van der Waals surface area contributed by atoms with Gasteiger partial charge in [0.2, 0.25) is 0 Å². The number of Topliss-reactive ketones (excluding diaryl/α,β-unsaturated/α-hetero) is 3. The summed E-state index contributed by atoms with van der Waals surface area (Å²) in [6.07, 6.45) is 0.270. The van der Waals surface area contributed by atoms with Gasteiger partial charge in [-0.05, 0) is 34.6 Å². The lowest BCUT2D eigenvalue weighted by Crippen LogP contribution is -2.35. The second-order valence-electron chi connectivity index (χ2n) is 6.82. The van der Waals surface area contributed by atoms with Crippen LogP contribution in [0.5, 0.6) is 0 Å². The number of ketones is 3. The van der Waals surface area contributed by atoms with E-state index in [-0.39, 0.29) is 36.3 Å². The minimum Gasteiger partial charge on any atom is -0.465 e. The molecule has 0 aliphatic rings. The van der Waals surface area contributed by atoms with Gasteiger partial charge in [-0.25, -0.2) is 0 Å². The van der Waals surface area contributed by atoms with Gasteiger partial charge >= 0.3 is 5.97 Å². The molecule has 3 atom stereocenters. The van der Waals surface area contributed by atoms with E-state index < -0.39 is 23.2 Å². The molecule has 0 aromatic rings. The normalized spacial score (nSPS) is 15.6. The first-order valence-electron chi connectivity index (χ1n) is 7.70. The molecule has 0 aliphatic carbocycles. The molecule has 0 spiro atoms. The van der Waals surface area contributed by atoms with Crippen molar-refractivity contribution >= 4 is 23.3 Å². The van der Waals surface area contributed by atoms with E-state index in [0.717, 1.165) is 0 Å². The Hall–Kier alpha value is -1.52. The van der Waals surface area contributed by atoms with Crippen molar-refractivity contribution in [2.45, 2.75) is 54.9 Å². The van der Waals surface area contributed by atoms with Gasteiger partial charge in [0.05, 0.1) is 17.3 Å². The second-order valence-corrected chi connectivity index (χ2v) is 6.82. The van der Waals surface area contributed by atoms with E-state index in [1.165, 1.54) is 13.8 Å². The first-order chi connectivity index (χ1) is 9.93. The Morgan fingerprint density at radius 3 is 1.82 bits per heavy atom. The maximum atomic E-state index is 12.2. The molecule has 0 aromatic carbocycles. The van der Waals surface area contributed by atoms with Crippen LogP contribution in [0.25, 0.3) is 0 Å². The van der Waals surface area contributed by atoms with Gasteiger partial charge in [0.25, 0.3) is 0 Å². The Bertz CT molecular complexity index is 444. The van der Waals surface area contributed by atoms with E-state index in [9.17, 15) is 19.2 Å². The highest BCUT2D eigenvalue weighted by molar-refractivity contribution is 6.11. The van der Waals surface area contributed by atoms with Crippen LogP contribution in [-0.4, -0.2) is 29.9 Å². The number of hydrogen-bond donors (Lipinski definition) is 0. The Morgan fingerprint density at radius 2 is 1.41 bits per heavy atom. The van der Waals surface area contributed by atoms with E-state index in [1.807, 2.05) is 0 Å². The Balaban J connectivity index is 4.66. The monoisotopic (exact) mass is 312 g/mol. The van der Waals surface area contributed by atoms with Crippen LogP contribution in [0.3, 0.4) is 0 Å². The van der Waals surface area contributed by atoms with Gasteiger partial charge in [-0.2, -0.15) is 0 Å². The van der Waals surface area contributed by atoms with Gasteiger partial charge < -0.3 is 4.74 Å². The van der Waals surface area contributed by atoms with Gasteiger partial charge in [0, 0.05) is 12.3 Å². The number of carbonyl (C=O) groups is 4. The lowest BCUT2D eigenvalue weighted by atomic mass is 9.85. The molecular weight excluding hydrogens is 284 g/mol. The first kappa shape index (κ1) is 20.5. The summed E-state index contributed by atoms with van der Waals surface area (Å²) < 4.78 is 5.11. The van der Waals surface area contributed by atoms with Crippen LogP contribution in [0.15, 0.2) is 0 Å². The highest BCUT2D eigenvalue weighted by Gasteiger charge is 2.32. The molecule has 0 aliphatic heterocycles. The van der Waals surface area contributed by atoms with E-state index >= 15 is 0 Å². The summed E-state index contributed by atoms with van der Waals surface area (Å²) in [6.45, 7) is 11.5. The molecule has 0 bridgehead atoms. The van der Waals surface area contributed by atoms with Crippen molar-refractivity contribution in [3.8, 4) is 0 Å². The number of rotatable bonds is 8. The van der Waals surface area contributed by atoms with Gasteiger partial charge in [-0.15, -0.1) is 0 Å². The van der Waals surface area contributed by atoms with Crippen molar-refractivity contribution < 1.29 is 23.9 Å². The summed E-state index contributed by atoms with van der Waals surface area (Å²) in [5, 5.41) is 0. The van der Waals surface area contributed by atoms with Crippen molar-refractivity contribution in [1.29, 1.82) is 0 Å². The van der Waals surface area contributed by atoms with Gasteiger partial charge in [0.1, 0.15) is 18.2 Å². The van der Waals surface area contributed by atoms with Gasteiger partial charge in [0.15, 0.2) is 5.78 Å². The molecule has 0 aromatic heterocycles. The van der Waals surface area contributed by atoms with Crippen LogP contribution in [0.2, 0.25) is 0 Å². The molecule has 0 fully saturated rings. The average molecular weight is 312 g/mol. The van der Waals surface area contributed by atoms with Crippen molar-refractivity contribution in [2.24, 2.45) is 23.2 Å². The maximum Gasteiger partial charge on any atom is 0.311 e. The zero-order chi connectivity index (χ0) is 17.7. The highest BCUT2D eigenvalue weighted by Crippen LogP contribution is 2.18. The smallest absolute Gasteiger partial charge is 0.311 e. The Kier molecular flexibility index (Phi) is 7.64. The van der Waals surface area contributed by atoms with Gasteiger partial charge in [-0.3, -0.25) is 19.2 Å². The third kappa shape index (κ3) is 5.70. The number of ether oxygens (including phenoxy) is 1. The fourth-order valence-electron chi connectivity index (χ4n) is 1.91. The van der Waals surface area contributed by atoms with Crippen molar-refractivity contribution in [3.63, 3.8) is 0 Å². The molecule has 0 N–H and O–H groups in total. The zero-order valence-corrected chi connectivity index (χ0v) is 14.7. The Morgan fingerprint density at radius 1 is 0.909 bits per heavy atom. The fourth-order valence-corrected chi connectivity index (χ4v) is 1.91. The lowest BCUT2D eigenvalue weighted by Gasteiger charge is -2.21. The molecule has 5 heteroatoms. The second kappa shape index (κ2) is 8.20. The molecular formula is C17H28O5. The summed E-state index contributed by atoms with van der Waals surface area (Å²) in [5.74, 6) is -3.44. The van der Waals surface area contributed by atoms with Crippen LogP contribution in [0, 0.1) is 23.2 Å². The molecule has 0 radical (unpaired) electrons. The zero-order valence-electron chi connectivity index (χ0n) is 14.7. The summed E-state index contributed by atoms with van der Waals surface area (Å²) in [6, 6.07) is 0. The largest absolute Gasteiger partial charge is 0.465 e. The molecule has 0 rings (SSSR count). The minimum atomic E-state index is -0.867. The summed E-state index contributed by atoms with van der Waals surface area (Å²) in [5.41, 5.74) is -0.633. The summed E-state index contributed by atoms with van der Waals surface area (Å²) in [4.78, 5) is 47.6. The third-order valence-corrected chi connectivity index (χ3v) is 3.67. The Labute approximate surface area is 132 Å². The maximum absolute atomic E-state index is 12.2. The molecule has 0 saturated carbocycles. The van der Waals surface area contributed by atoms with Crippen LogP contribution < -0.4 is 0 Å². The van der Waals surface area contributed by atoms with Gasteiger partial charge in [-0.1, -0.05) is 13.8 Å². The average Bonchev–Trinajstić information content (AvgIpc) is 2.47. The number of carbonyl (C=O) groups excluding carboxylic acids is 4. The van der Waals surface area contributed by atoms with Crippen LogP contribution in [0.1, 0.15) is 54.9 Å². The third-order valence-electron chi connectivity index (χ3n) is 3.67. The summed E-state index contributed by atoms with van der Waals surface area (Å²) >= 11 is 0. The van der Waals surface area contributed by atoms with Crippen molar-refractivity contribution in [2.75, 3.05) is 6.61 Å². The topological polar surface area (TPSA) is 77.5 Å². The van der Waals surface area contributed by atoms with E-state index in [1.54, 1.807) is 34.6 Å². The summed E-state index contributed by atoms with van der Waals surface area (Å²) in [7, 11) is 0. The molecule has 22 heavy (non-hydrogen) atoms. The number of esters is 1. The standard InChI is InChI=1S/C17H28O5/c1-8-13(18)11(3)15(20)12(4)14(19)10(2)9-22-16(21)17(5,6)7/h10-12H,8-9H2,1-7H3/t10-,11?,12?/m0/s1. The molecule has 0 amide bonds. The number of hydrogen-bond acceptors (Lipinski definition) is 5. The van der Waals surface area contributed by atoms with Crippen molar-refractivity contribution in [1.82, 2.24) is 0 Å². The van der Waals surface area contributed by atoms with Crippen LogP contribution in [-0.2, 0) is 23.9 Å². The SMILES string of the molecule is CCC(=O)C(C)C(=O)C(C)C(=O)[C@@H](C)COC(=O)C(C)(C)C. The molecule has 0 saturated heterocycles. The van der Waals surface area contributed by atoms with Crippen LogP contribution >= 0.6 is 0 Å². The molecule has 126 valence electrons. The van der Waals surface area contributed by atoms with Crippen molar-refractivity contribution in [3.05, 3.63) is 0 Å². The molecule has 5 nitrogen and oxygen atoms in total.